The number of nitrogens with zero attached hydrogens (tertiary/aromatic N) is 1. The number of amides is 1. The highest BCUT2D eigenvalue weighted by molar-refractivity contribution is 7.21. The molecule has 4 aromatic rings. The first-order valence-corrected chi connectivity index (χ1v) is 10.6. The summed E-state index contributed by atoms with van der Waals surface area (Å²) in [5.74, 6) is 0.868. The fraction of sp³-hybridized carbons (Fsp3) is 0.217. The number of hydrogen-bond donors (Lipinski definition) is 2. The maximum absolute atomic E-state index is 13.0. The van der Waals surface area contributed by atoms with Crippen LogP contribution in [0.25, 0.3) is 21.1 Å². The molecule has 6 nitrogen and oxygen atoms in total. The van der Waals surface area contributed by atoms with E-state index in [-0.39, 0.29) is 5.91 Å². The topological polar surface area (TPSA) is 86.5 Å². The van der Waals surface area contributed by atoms with Crippen LogP contribution < -0.4 is 20.5 Å². The molecule has 30 heavy (non-hydrogen) atoms. The van der Waals surface area contributed by atoms with Gasteiger partial charge in [-0.3, -0.25) is 4.79 Å². The zero-order valence-electron chi connectivity index (χ0n) is 16.7. The van der Waals surface area contributed by atoms with Gasteiger partial charge in [-0.1, -0.05) is 0 Å². The van der Waals surface area contributed by atoms with Crippen LogP contribution in [0.3, 0.4) is 0 Å². The van der Waals surface area contributed by atoms with Crippen LogP contribution in [0.5, 0.6) is 11.5 Å². The molecule has 1 aliphatic carbocycles. The number of anilines is 2. The molecule has 0 saturated carbocycles. The molecular weight excluding hydrogens is 398 g/mol. The van der Waals surface area contributed by atoms with E-state index in [9.17, 15) is 4.79 Å². The largest absolute Gasteiger partial charge is 0.497 e. The highest BCUT2D eigenvalue weighted by Gasteiger charge is 2.20. The number of ether oxygens (including phenoxy) is 2. The van der Waals surface area contributed by atoms with Crippen LogP contribution in [0.1, 0.15) is 27.2 Å². The maximum Gasteiger partial charge on any atom is 0.268 e. The second kappa shape index (κ2) is 7.18. The first-order valence-electron chi connectivity index (χ1n) is 9.75. The molecule has 0 atom stereocenters. The lowest BCUT2D eigenvalue weighted by Gasteiger charge is -2.11. The van der Waals surface area contributed by atoms with E-state index in [1.165, 1.54) is 28.9 Å². The van der Waals surface area contributed by atoms with Crippen molar-refractivity contribution in [2.75, 3.05) is 25.3 Å². The zero-order chi connectivity index (χ0) is 20.8. The van der Waals surface area contributed by atoms with Crippen LogP contribution in [0.15, 0.2) is 36.4 Å². The Kier molecular flexibility index (Phi) is 4.47. The molecule has 1 amide bonds. The molecule has 0 fully saturated rings. The van der Waals surface area contributed by atoms with Crippen LogP contribution in [-0.2, 0) is 12.8 Å². The number of nitrogens with two attached hydrogens (primary N) is 1. The summed E-state index contributed by atoms with van der Waals surface area (Å²) in [6, 6.07) is 11.7. The summed E-state index contributed by atoms with van der Waals surface area (Å²) < 4.78 is 10.6. The number of aryl methyl sites for hydroxylation is 2. The zero-order valence-corrected chi connectivity index (χ0v) is 17.6. The standard InChI is InChI=1S/C23H21N3O3S/c1-28-15-6-7-19(29-2)18(11-15)25-22(27)21-20(24)16-9-14-8-12-4-3-5-13(12)10-17(14)26-23(16)30-21/h6-11H,3-5,24H2,1-2H3,(H,25,27). The summed E-state index contributed by atoms with van der Waals surface area (Å²) >= 11 is 1.30. The van der Waals surface area contributed by atoms with E-state index in [4.69, 9.17) is 20.2 Å². The highest BCUT2D eigenvalue weighted by atomic mass is 32.1. The van der Waals surface area contributed by atoms with Crippen molar-refractivity contribution >= 4 is 49.7 Å². The SMILES string of the molecule is COc1ccc(OC)c(NC(=O)c2sc3nc4cc5c(cc4cc3c2N)CCC5)c1. The second-order valence-electron chi connectivity index (χ2n) is 7.37. The number of carbonyl (C=O) groups excluding carboxylic acids is 1. The smallest absolute Gasteiger partial charge is 0.268 e. The fourth-order valence-electron chi connectivity index (χ4n) is 4.03. The number of nitrogen functional groups attached to an aromatic ring is 1. The quantitative estimate of drug-likeness (QED) is 0.497. The maximum atomic E-state index is 13.0. The number of hydrogen-bond acceptors (Lipinski definition) is 6. The van der Waals surface area contributed by atoms with E-state index in [0.29, 0.717) is 27.8 Å². The second-order valence-corrected chi connectivity index (χ2v) is 8.37. The van der Waals surface area contributed by atoms with Crippen molar-refractivity contribution in [1.29, 1.82) is 0 Å². The summed E-state index contributed by atoms with van der Waals surface area (Å²) in [5.41, 5.74) is 11.1. The van der Waals surface area contributed by atoms with Gasteiger partial charge in [-0.25, -0.2) is 4.98 Å². The lowest BCUT2D eigenvalue weighted by Crippen LogP contribution is -2.12. The van der Waals surface area contributed by atoms with Crippen molar-refractivity contribution in [3.63, 3.8) is 0 Å². The van der Waals surface area contributed by atoms with Gasteiger partial charge < -0.3 is 20.5 Å². The molecule has 0 unspecified atom stereocenters. The van der Waals surface area contributed by atoms with Gasteiger partial charge in [0.05, 0.1) is 31.1 Å². The predicted molar refractivity (Wildman–Crippen MR) is 121 cm³/mol. The van der Waals surface area contributed by atoms with Crippen LogP contribution in [0.4, 0.5) is 11.4 Å². The number of methoxy groups -OCH3 is 2. The first-order chi connectivity index (χ1) is 14.6. The first kappa shape index (κ1) is 18.7. The molecule has 0 aliphatic heterocycles. The number of thiophene rings is 1. The molecule has 3 N–H and O–H groups in total. The van der Waals surface area contributed by atoms with E-state index in [1.54, 1.807) is 32.4 Å². The molecule has 0 saturated heterocycles. The lowest BCUT2D eigenvalue weighted by molar-refractivity contribution is 0.103. The molecule has 5 rings (SSSR count). The van der Waals surface area contributed by atoms with Gasteiger partial charge in [0.1, 0.15) is 21.2 Å². The van der Waals surface area contributed by atoms with Crippen LogP contribution in [0.2, 0.25) is 0 Å². The fourth-order valence-corrected chi connectivity index (χ4v) is 5.01. The number of fused-ring (bicyclic) bond motifs is 3. The van der Waals surface area contributed by atoms with Gasteiger partial charge in [-0.2, -0.15) is 0 Å². The predicted octanol–water partition coefficient (Wildman–Crippen LogP) is 4.79. The van der Waals surface area contributed by atoms with Crippen molar-refractivity contribution in [2.24, 2.45) is 0 Å². The van der Waals surface area contributed by atoms with Crippen LogP contribution >= 0.6 is 11.3 Å². The van der Waals surface area contributed by atoms with Crippen molar-refractivity contribution in [3.8, 4) is 11.5 Å². The minimum absolute atomic E-state index is 0.298. The number of benzene rings is 2. The Labute approximate surface area is 177 Å². The highest BCUT2D eigenvalue weighted by Crippen LogP contribution is 2.37. The molecule has 0 bridgehead atoms. The molecule has 7 heteroatoms. The Bertz CT molecular complexity index is 1310. The summed E-state index contributed by atoms with van der Waals surface area (Å²) in [6.45, 7) is 0. The summed E-state index contributed by atoms with van der Waals surface area (Å²) in [7, 11) is 3.13. The van der Waals surface area contributed by atoms with Crippen LogP contribution in [-0.4, -0.2) is 25.1 Å². The van der Waals surface area contributed by atoms with E-state index in [2.05, 4.69) is 17.4 Å². The summed E-state index contributed by atoms with van der Waals surface area (Å²) in [6.07, 6.45) is 3.41. The van der Waals surface area contributed by atoms with Gasteiger partial charge >= 0.3 is 0 Å². The molecular formula is C23H21N3O3S. The summed E-state index contributed by atoms with van der Waals surface area (Å²) in [5, 5.41) is 4.77. The molecule has 0 spiro atoms. The Hall–Kier alpha value is -3.32. The molecule has 2 aromatic carbocycles. The van der Waals surface area contributed by atoms with E-state index in [1.807, 2.05) is 6.07 Å². The van der Waals surface area contributed by atoms with Crippen molar-refractivity contribution in [3.05, 3.63) is 52.4 Å². The average Bonchev–Trinajstić information content (AvgIpc) is 3.34. The monoisotopic (exact) mass is 419 g/mol. The summed E-state index contributed by atoms with van der Waals surface area (Å²) in [4.78, 5) is 19.0. The third-order valence-corrected chi connectivity index (χ3v) is 6.70. The van der Waals surface area contributed by atoms with Gasteiger partial charge in [0.2, 0.25) is 0 Å². The minimum atomic E-state index is -0.298. The number of pyridine rings is 1. The molecule has 2 aromatic heterocycles. The number of aromatic nitrogens is 1. The molecule has 0 radical (unpaired) electrons. The Morgan fingerprint density at radius 3 is 2.67 bits per heavy atom. The third-order valence-electron chi connectivity index (χ3n) is 5.59. The van der Waals surface area contributed by atoms with Crippen LogP contribution in [0, 0.1) is 0 Å². The Morgan fingerprint density at radius 2 is 1.90 bits per heavy atom. The Balaban J connectivity index is 1.55. The number of rotatable bonds is 4. The molecule has 152 valence electrons. The molecule has 1 aliphatic rings. The van der Waals surface area contributed by atoms with Crippen molar-refractivity contribution in [1.82, 2.24) is 4.98 Å². The molecule has 2 heterocycles. The van der Waals surface area contributed by atoms with E-state index < -0.39 is 0 Å². The van der Waals surface area contributed by atoms with Gasteiger partial charge in [-0.15, -0.1) is 11.3 Å². The van der Waals surface area contributed by atoms with Crippen molar-refractivity contribution < 1.29 is 14.3 Å². The number of nitrogens with one attached hydrogen (secondary N) is 1. The van der Waals surface area contributed by atoms with Gasteiger partial charge in [-0.05, 0) is 60.7 Å². The van der Waals surface area contributed by atoms with Crippen molar-refractivity contribution in [2.45, 2.75) is 19.3 Å². The van der Waals surface area contributed by atoms with E-state index >= 15 is 0 Å². The minimum Gasteiger partial charge on any atom is -0.497 e. The normalized spacial score (nSPS) is 12.9. The number of carbonyl (C=O) groups is 1. The van der Waals surface area contributed by atoms with E-state index in [0.717, 1.165) is 34.0 Å². The lowest BCUT2D eigenvalue weighted by atomic mass is 10.1. The van der Waals surface area contributed by atoms with Gasteiger partial charge in [0, 0.05) is 16.8 Å². The van der Waals surface area contributed by atoms with Gasteiger partial charge in [0.25, 0.3) is 5.91 Å². The third kappa shape index (κ3) is 3.02. The van der Waals surface area contributed by atoms with Gasteiger partial charge in [0.15, 0.2) is 0 Å². The Morgan fingerprint density at radius 1 is 1.10 bits per heavy atom. The average molecular weight is 420 g/mol.